The van der Waals surface area contributed by atoms with Crippen LogP contribution in [0, 0.1) is 0 Å². The van der Waals surface area contributed by atoms with E-state index in [1.165, 1.54) is 11.8 Å². The lowest BCUT2D eigenvalue weighted by Crippen LogP contribution is -2.23. The highest BCUT2D eigenvalue weighted by Crippen LogP contribution is 2.27. The predicted octanol–water partition coefficient (Wildman–Crippen LogP) is 4.36. The van der Waals surface area contributed by atoms with Gasteiger partial charge in [-0.15, -0.1) is 10.2 Å². The number of aromatic nitrogens is 4. The molecule has 0 fully saturated rings. The Morgan fingerprint density at radius 3 is 2.53 bits per heavy atom. The molecule has 9 heteroatoms. The molecule has 0 aliphatic carbocycles. The fourth-order valence-electron chi connectivity index (χ4n) is 3.34. The first-order chi connectivity index (χ1) is 15.2. The molecule has 0 saturated carbocycles. The molecule has 1 aromatic carbocycles. The summed E-state index contributed by atoms with van der Waals surface area (Å²) in [7, 11) is 4.08. The Labute approximate surface area is 193 Å². The molecule has 8 nitrogen and oxygen atoms in total. The lowest BCUT2D eigenvalue weighted by Gasteiger charge is -2.23. The minimum Gasteiger partial charge on any atom is -0.338 e. The van der Waals surface area contributed by atoms with Crippen molar-refractivity contribution in [2.24, 2.45) is 0 Å². The van der Waals surface area contributed by atoms with Crippen LogP contribution in [0.2, 0.25) is 0 Å². The summed E-state index contributed by atoms with van der Waals surface area (Å²) >= 11 is 1.36. The molecule has 0 aliphatic heterocycles. The van der Waals surface area contributed by atoms with Crippen LogP contribution >= 0.6 is 11.8 Å². The fraction of sp³-hybridized carbons (Fsp3) is 0.478. The SMILES string of the molecule is CCC(c1nnc(SCC(=O)Nc2cc(C(C)(C)C)no2)n1Cc1ccccc1)N(C)C. The average molecular weight is 457 g/mol. The van der Waals surface area contributed by atoms with E-state index in [9.17, 15) is 4.79 Å². The summed E-state index contributed by atoms with van der Waals surface area (Å²) in [4.78, 5) is 14.7. The molecule has 0 radical (unpaired) electrons. The Morgan fingerprint density at radius 2 is 1.94 bits per heavy atom. The number of hydrogen-bond acceptors (Lipinski definition) is 7. The topological polar surface area (TPSA) is 89.1 Å². The zero-order valence-corrected chi connectivity index (χ0v) is 20.4. The van der Waals surface area contributed by atoms with E-state index in [0.717, 1.165) is 23.5 Å². The summed E-state index contributed by atoms with van der Waals surface area (Å²) in [5, 5.41) is 16.4. The van der Waals surface area contributed by atoms with Crippen LogP contribution in [-0.4, -0.2) is 50.6 Å². The van der Waals surface area contributed by atoms with E-state index in [4.69, 9.17) is 4.52 Å². The standard InChI is InChI=1S/C23H32N6O2S/c1-7-17(28(5)6)21-25-26-22(29(21)14-16-11-9-8-10-12-16)32-15-19(30)24-20-13-18(27-31-20)23(2,3)4/h8-13,17H,7,14-15H2,1-6H3,(H,24,30). The number of carbonyl (C=O) groups excluding carboxylic acids is 1. The Balaban J connectivity index is 1.74. The quantitative estimate of drug-likeness (QED) is 0.479. The monoisotopic (exact) mass is 456 g/mol. The van der Waals surface area contributed by atoms with Crippen molar-refractivity contribution in [3.8, 4) is 0 Å². The summed E-state index contributed by atoms with van der Waals surface area (Å²) in [6.45, 7) is 8.91. The molecule has 32 heavy (non-hydrogen) atoms. The predicted molar refractivity (Wildman–Crippen MR) is 127 cm³/mol. The van der Waals surface area contributed by atoms with E-state index < -0.39 is 0 Å². The number of carbonyl (C=O) groups is 1. The van der Waals surface area contributed by atoms with Gasteiger partial charge in [-0.25, -0.2) is 0 Å². The Morgan fingerprint density at radius 1 is 1.22 bits per heavy atom. The third kappa shape index (κ3) is 5.98. The molecule has 0 saturated heterocycles. The molecule has 2 heterocycles. The maximum Gasteiger partial charge on any atom is 0.237 e. The maximum absolute atomic E-state index is 12.5. The lowest BCUT2D eigenvalue weighted by atomic mass is 9.92. The average Bonchev–Trinajstić information content (AvgIpc) is 3.35. The summed E-state index contributed by atoms with van der Waals surface area (Å²) < 4.78 is 7.37. The van der Waals surface area contributed by atoms with Crippen molar-refractivity contribution >= 4 is 23.6 Å². The van der Waals surface area contributed by atoms with E-state index in [1.54, 1.807) is 6.07 Å². The number of hydrogen-bond donors (Lipinski definition) is 1. The van der Waals surface area contributed by atoms with Crippen LogP contribution in [0.1, 0.15) is 57.2 Å². The van der Waals surface area contributed by atoms with Gasteiger partial charge in [-0.1, -0.05) is 74.9 Å². The molecule has 0 bridgehead atoms. The van der Waals surface area contributed by atoms with Crippen molar-refractivity contribution in [1.29, 1.82) is 0 Å². The molecule has 3 aromatic rings. The molecular weight excluding hydrogens is 424 g/mol. The zero-order valence-electron chi connectivity index (χ0n) is 19.6. The molecule has 172 valence electrons. The number of nitrogens with zero attached hydrogens (tertiary/aromatic N) is 5. The van der Waals surface area contributed by atoms with E-state index in [2.05, 4.69) is 49.2 Å². The van der Waals surface area contributed by atoms with Crippen LogP contribution in [0.3, 0.4) is 0 Å². The lowest BCUT2D eigenvalue weighted by molar-refractivity contribution is -0.113. The molecular formula is C23H32N6O2S. The van der Waals surface area contributed by atoms with Crippen molar-refractivity contribution in [3.63, 3.8) is 0 Å². The summed E-state index contributed by atoms with van der Waals surface area (Å²) in [5.41, 5.74) is 1.81. The van der Waals surface area contributed by atoms with Gasteiger partial charge in [0.1, 0.15) is 0 Å². The molecule has 0 spiro atoms. The fourth-order valence-corrected chi connectivity index (χ4v) is 4.08. The Bertz CT molecular complexity index is 1020. The zero-order chi connectivity index (χ0) is 23.3. The summed E-state index contributed by atoms with van der Waals surface area (Å²) in [5.74, 6) is 1.26. The molecule has 1 amide bonds. The molecule has 1 unspecified atom stereocenters. The van der Waals surface area contributed by atoms with Crippen LogP contribution in [0.4, 0.5) is 5.88 Å². The second-order valence-electron chi connectivity index (χ2n) is 8.96. The van der Waals surface area contributed by atoms with Gasteiger partial charge in [-0.05, 0) is 26.1 Å². The van der Waals surface area contributed by atoms with Crippen molar-refractivity contribution < 1.29 is 9.32 Å². The van der Waals surface area contributed by atoms with Gasteiger partial charge in [0.15, 0.2) is 11.0 Å². The van der Waals surface area contributed by atoms with Gasteiger partial charge in [0, 0.05) is 11.5 Å². The van der Waals surface area contributed by atoms with Crippen LogP contribution in [-0.2, 0) is 16.8 Å². The molecule has 3 rings (SSSR count). The normalized spacial score (nSPS) is 12.8. The number of thioether (sulfide) groups is 1. The van der Waals surface area contributed by atoms with Crippen molar-refractivity contribution in [1.82, 2.24) is 24.8 Å². The van der Waals surface area contributed by atoms with Crippen LogP contribution < -0.4 is 5.32 Å². The van der Waals surface area contributed by atoms with Crippen molar-refractivity contribution in [2.75, 3.05) is 25.2 Å². The van der Waals surface area contributed by atoms with Gasteiger partial charge < -0.3 is 9.09 Å². The van der Waals surface area contributed by atoms with Gasteiger partial charge in [0.25, 0.3) is 0 Å². The largest absolute Gasteiger partial charge is 0.338 e. The van der Waals surface area contributed by atoms with Crippen LogP contribution in [0.15, 0.2) is 46.1 Å². The van der Waals surface area contributed by atoms with Crippen molar-refractivity contribution in [2.45, 2.75) is 57.3 Å². The minimum atomic E-state index is -0.179. The molecule has 1 N–H and O–H groups in total. The Kier molecular flexibility index (Phi) is 7.73. The van der Waals surface area contributed by atoms with E-state index in [1.807, 2.05) is 53.1 Å². The smallest absolute Gasteiger partial charge is 0.237 e. The number of amides is 1. The van der Waals surface area contributed by atoms with Gasteiger partial charge in [0.05, 0.1) is 24.0 Å². The first kappa shape index (κ1) is 24.0. The second-order valence-corrected chi connectivity index (χ2v) is 9.91. The van der Waals surface area contributed by atoms with Gasteiger partial charge >= 0.3 is 0 Å². The van der Waals surface area contributed by atoms with Crippen LogP contribution in [0.5, 0.6) is 0 Å². The third-order valence-electron chi connectivity index (χ3n) is 5.11. The van der Waals surface area contributed by atoms with E-state index >= 15 is 0 Å². The van der Waals surface area contributed by atoms with Crippen LogP contribution in [0.25, 0.3) is 0 Å². The van der Waals surface area contributed by atoms with Gasteiger partial charge in [-0.3, -0.25) is 15.0 Å². The number of nitrogens with one attached hydrogen (secondary N) is 1. The van der Waals surface area contributed by atoms with E-state index in [0.29, 0.717) is 17.6 Å². The number of anilines is 1. The highest BCUT2D eigenvalue weighted by atomic mass is 32.2. The number of benzene rings is 1. The number of rotatable bonds is 9. The second kappa shape index (κ2) is 10.3. The van der Waals surface area contributed by atoms with Gasteiger partial charge in [0.2, 0.25) is 11.8 Å². The molecule has 2 aromatic heterocycles. The molecule has 1 atom stereocenters. The molecule has 0 aliphatic rings. The van der Waals surface area contributed by atoms with Crippen molar-refractivity contribution in [3.05, 3.63) is 53.5 Å². The Hall–Kier alpha value is -2.65. The highest BCUT2D eigenvalue weighted by Gasteiger charge is 2.23. The van der Waals surface area contributed by atoms with E-state index in [-0.39, 0.29) is 23.1 Å². The minimum absolute atomic E-state index is 0.138. The first-order valence-electron chi connectivity index (χ1n) is 10.7. The van der Waals surface area contributed by atoms with Gasteiger partial charge in [-0.2, -0.15) is 0 Å². The highest BCUT2D eigenvalue weighted by molar-refractivity contribution is 7.99. The summed E-state index contributed by atoms with van der Waals surface area (Å²) in [6, 6.07) is 12.1. The first-order valence-corrected chi connectivity index (χ1v) is 11.7. The maximum atomic E-state index is 12.5. The third-order valence-corrected chi connectivity index (χ3v) is 6.08. The summed E-state index contributed by atoms with van der Waals surface area (Å²) in [6.07, 6.45) is 0.909.